The predicted octanol–water partition coefficient (Wildman–Crippen LogP) is 1.05. The molecule has 0 aromatic heterocycles. The standard InChI is InChI=1S/C11H18N2O/c1-7-5-10(12)8(2)4-9(7)11(3,13)6-14/h4-5,14H,6,12-13H2,1-3H3. The number of aliphatic hydroxyl groups excluding tert-OH is 1. The average Bonchev–Trinajstić information content (AvgIpc) is 2.11. The van der Waals surface area contributed by atoms with Crippen LogP contribution in [0.5, 0.6) is 0 Å². The molecule has 0 spiro atoms. The van der Waals surface area contributed by atoms with E-state index in [1.54, 1.807) is 0 Å². The first-order valence-corrected chi connectivity index (χ1v) is 4.65. The molecule has 0 saturated heterocycles. The second-order valence-electron chi connectivity index (χ2n) is 4.10. The fourth-order valence-electron chi connectivity index (χ4n) is 1.54. The highest BCUT2D eigenvalue weighted by molar-refractivity contribution is 5.52. The largest absolute Gasteiger partial charge is 0.399 e. The molecule has 1 atom stereocenters. The second kappa shape index (κ2) is 3.59. The molecule has 5 N–H and O–H groups in total. The lowest BCUT2D eigenvalue weighted by molar-refractivity contribution is 0.209. The fourth-order valence-corrected chi connectivity index (χ4v) is 1.54. The summed E-state index contributed by atoms with van der Waals surface area (Å²) < 4.78 is 0. The third-order valence-corrected chi connectivity index (χ3v) is 2.56. The van der Waals surface area contributed by atoms with Gasteiger partial charge < -0.3 is 16.6 Å². The van der Waals surface area contributed by atoms with Gasteiger partial charge in [0.25, 0.3) is 0 Å². The molecule has 0 saturated carbocycles. The van der Waals surface area contributed by atoms with E-state index in [4.69, 9.17) is 11.5 Å². The van der Waals surface area contributed by atoms with E-state index in [1.165, 1.54) is 0 Å². The van der Waals surface area contributed by atoms with E-state index >= 15 is 0 Å². The Bertz CT molecular complexity index is 345. The summed E-state index contributed by atoms with van der Waals surface area (Å²) in [6, 6.07) is 3.84. The van der Waals surface area contributed by atoms with Crippen LogP contribution in [0.4, 0.5) is 5.69 Å². The number of aliphatic hydroxyl groups is 1. The first-order valence-electron chi connectivity index (χ1n) is 4.65. The lowest BCUT2D eigenvalue weighted by atomic mass is 9.88. The third-order valence-electron chi connectivity index (χ3n) is 2.56. The van der Waals surface area contributed by atoms with Crippen molar-refractivity contribution in [3.8, 4) is 0 Å². The van der Waals surface area contributed by atoms with Gasteiger partial charge in [-0.1, -0.05) is 6.07 Å². The number of hydrogen-bond acceptors (Lipinski definition) is 3. The van der Waals surface area contributed by atoms with Crippen molar-refractivity contribution in [1.29, 1.82) is 0 Å². The summed E-state index contributed by atoms with van der Waals surface area (Å²) in [4.78, 5) is 0. The van der Waals surface area contributed by atoms with E-state index in [2.05, 4.69) is 0 Å². The van der Waals surface area contributed by atoms with Gasteiger partial charge >= 0.3 is 0 Å². The van der Waals surface area contributed by atoms with Crippen LogP contribution in [0.25, 0.3) is 0 Å². The van der Waals surface area contributed by atoms with Crippen molar-refractivity contribution in [2.75, 3.05) is 12.3 Å². The molecule has 78 valence electrons. The van der Waals surface area contributed by atoms with Crippen molar-refractivity contribution < 1.29 is 5.11 Å². The van der Waals surface area contributed by atoms with Crippen LogP contribution in [0, 0.1) is 13.8 Å². The van der Waals surface area contributed by atoms with Gasteiger partial charge in [0, 0.05) is 5.69 Å². The Morgan fingerprint density at radius 3 is 2.36 bits per heavy atom. The van der Waals surface area contributed by atoms with Gasteiger partial charge in [-0.05, 0) is 43.5 Å². The number of nitrogens with two attached hydrogens (primary N) is 2. The summed E-state index contributed by atoms with van der Waals surface area (Å²) in [7, 11) is 0. The van der Waals surface area contributed by atoms with Crippen LogP contribution in [-0.2, 0) is 5.54 Å². The maximum Gasteiger partial charge on any atom is 0.0650 e. The third kappa shape index (κ3) is 1.89. The van der Waals surface area contributed by atoms with Gasteiger partial charge in [0.1, 0.15) is 0 Å². The quantitative estimate of drug-likeness (QED) is 0.616. The number of nitrogen functional groups attached to an aromatic ring is 1. The van der Waals surface area contributed by atoms with Crippen LogP contribution in [0.1, 0.15) is 23.6 Å². The van der Waals surface area contributed by atoms with Crippen LogP contribution >= 0.6 is 0 Å². The lowest BCUT2D eigenvalue weighted by Crippen LogP contribution is -2.37. The van der Waals surface area contributed by atoms with Gasteiger partial charge in [-0.25, -0.2) is 0 Å². The van der Waals surface area contributed by atoms with Crippen LogP contribution < -0.4 is 11.5 Å². The molecule has 3 nitrogen and oxygen atoms in total. The van der Waals surface area contributed by atoms with E-state index in [9.17, 15) is 5.11 Å². The Kier molecular flexibility index (Phi) is 2.83. The zero-order valence-corrected chi connectivity index (χ0v) is 8.96. The van der Waals surface area contributed by atoms with Gasteiger partial charge in [-0.3, -0.25) is 0 Å². The second-order valence-corrected chi connectivity index (χ2v) is 4.10. The van der Waals surface area contributed by atoms with E-state index in [1.807, 2.05) is 32.9 Å². The van der Waals surface area contributed by atoms with Crippen LogP contribution in [-0.4, -0.2) is 11.7 Å². The zero-order chi connectivity index (χ0) is 10.9. The van der Waals surface area contributed by atoms with E-state index in [0.29, 0.717) is 0 Å². The molecular formula is C11H18N2O. The Hall–Kier alpha value is -1.06. The number of rotatable bonds is 2. The summed E-state index contributed by atoms with van der Waals surface area (Å²) >= 11 is 0. The molecule has 1 rings (SSSR count). The van der Waals surface area contributed by atoms with Crippen LogP contribution in [0.2, 0.25) is 0 Å². The Balaban J connectivity index is 3.29. The summed E-state index contributed by atoms with van der Waals surface area (Å²) in [5.41, 5.74) is 14.8. The maximum absolute atomic E-state index is 9.18. The summed E-state index contributed by atoms with van der Waals surface area (Å²) in [5, 5.41) is 9.18. The summed E-state index contributed by atoms with van der Waals surface area (Å²) in [5.74, 6) is 0. The molecule has 3 heteroatoms. The van der Waals surface area contributed by atoms with Crippen molar-refractivity contribution in [3.63, 3.8) is 0 Å². The molecule has 0 radical (unpaired) electrons. The Labute approximate surface area is 84.7 Å². The maximum atomic E-state index is 9.18. The molecule has 0 fully saturated rings. The number of aryl methyl sites for hydroxylation is 2. The molecule has 0 heterocycles. The lowest BCUT2D eigenvalue weighted by Gasteiger charge is -2.25. The van der Waals surface area contributed by atoms with Gasteiger partial charge in [0.15, 0.2) is 0 Å². The fraction of sp³-hybridized carbons (Fsp3) is 0.455. The molecular weight excluding hydrogens is 176 g/mol. The Morgan fingerprint density at radius 1 is 1.29 bits per heavy atom. The first-order chi connectivity index (χ1) is 6.38. The topological polar surface area (TPSA) is 72.3 Å². The molecule has 14 heavy (non-hydrogen) atoms. The van der Waals surface area contributed by atoms with Crippen molar-refractivity contribution in [2.45, 2.75) is 26.3 Å². The summed E-state index contributed by atoms with van der Waals surface area (Å²) in [6.07, 6.45) is 0. The minimum absolute atomic E-state index is 0.0722. The molecule has 1 unspecified atom stereocenters. The average molecular weight is 194 g/mol. The SMILES string of the molecule is Cc1cc(C(C)(N)CO)c(C)cc1N. The minimum Gasteiger partial charge on any atom is -0.399 e. The molecule has 0 bridgehead atoms. The Morgan fingerprint density at radius 2 is 1.86 bits per heavy atom. The van der Waals surface area contributed by atoms with Crippen LogP contribution in [0.3, 0.4) is 0 Å². The normalized spacial score (nSPS) is 15.2. The van der Waals surface area contributed by atoms with Crippen LogP contribution in [0.15, 0.2) is 12.1 Å². The molecule has 0 aliphatic heterocycles. The first kappa shape index (κ1) is 11.0. The molecule has 0 amide bonds. The zero-order valence-electron chi connectivity index (χ0n) is 8.96. The highest BCUT2D eigenvalue weighted by Gasteiger charge is 2.22. The number of anilines is 1. The van der Waals surface area contributed by atoms with Crippen molar-refractivity contribution in [2.24, 2.45) is 5.73 Å². The number of hydrogen-bond donors (Lipinski definition) is 3. The highest BCUT2D eigenvalue weighted by Crippen LogP contribution is 2.25. The summed E-state index contributed by atoms with van der Waals surface area (Å²) in [6.45, 7) is 5.62. The van der Waals surface area contributed by atoms with E-state index in [0.717, 1.165) is 22.4 Å². The van der Waals surface area contributed by atoms with Gasteiger partial charge in [0.05, 0.1) is 12.1 Å². The van der Waals surface area contributed by atoms with Crippen molar-refractivity contribution in [1.82, 2.24) is 0 Å². The monoisotopic (exact) mass is 194 g/mol. The highest BCUT2D eigenvalue weighted by atomic mass is 16.3. The van der Waals surface area contributed by atoms with Gasteiger partial charge in [0.2, 0.25) is 0 Å². The molecule has 0 aliphatic rings. The van der Waals surface area contributed by atoms with Crippen molar-refractivity contribution >= 4 is 5.69 Å². The molecule has 1 aromatic rings. The minimum atomic E-state index is -0.692. The predicted molar refractivity (Wildman–Crippen MR) is 59.0 cm³/mol. The molecule has 0 aliphatic carbocycles. The molecule has 1 aromatic carbocycles. The number of benzene rings is 1. The van der Waals surface area contributed by atoms with Gasteiger partial charge in [-0.2, -0.15) is 0 Å². The van der Waals surface area contributed by atoms with Gasteiger partial charge in [-0.15, -0.1) is 0 Å². The van der Waals surface area contributed by atoms with Crippen molar-refractivity contribution in [3.05, 3.63) is 28.8 Å². The van der Waals surface area contributed by atoms with E-state index in [-0.39, 0.29) is 6.61 Å². The van der Waals surface area contributed by atoms with E-state index < -0.39 is 5.54 Å². The smallest absolute Gasteiger partial charge is 0.0650 e.